The van der Waals surface area contributed by atoms with Crippen molar-refractivity contribution in [3.8, 4) is 0 Å². The molecule has 2 nitrogen and oxygen atoms in total. The third-order valence-corrected chi connectivity index (χ3v) is 4.00. The summed E-state index contributed by atoms with van der Waals surface area (Å²) in [5.41, 5.74) is 3.34. The summed E-state index contributed by atoms with van der Waals surface area (Å²) in [5, 5.41) is 9.97. The van der Waals surface area contributed by atoms with Crippen LogP contribution in [0.4, 0.5) is 0 Å². The molecule has 0 saturated heterocycles. The predicted molar refractivity (Wildman–Crippen MR) is 64.8 cm³/mol. The van der Waals surface area contributed by atoms with E-state index >= 15 is 0 Å². The average molecular weight is 216 g/mol. The zero-order valence-corrected chi connectivity index (χ0v) is 9.86. The molecule has 0 amide bonds. The molecule has 0 aromatic heterocycles. The maximum atomic E-state index is 9.97. The van der Waals surface area contributed by atoms with E-state index in [4.69, 9.17) is 4.65 Å². The predicted octanol–water partition coefficient (Wildman–Crippen LogP) is 1.91. The summed E-state index contributed by atoms with van der Waals surface area (Å²) in [5.74, 6) is 0.496. The van der Waals surface area contributed by atoms with Crippen molar-refractivity contribution in [2.75, 3.05) is 0 Å². The molecule has 1 heterocycles. The van der Waals surface area contributed by atoms with Crippen molar-refractivity contribution < 1.29 is 9.68 Å². The summed E-state index contributed by atoms with van der Waals surface area (Å²) < 4.78 is 5.75. The Hall–Kier alpha value is -0.795. The van der Waals surface area contributed by atoms with Gasteiger partial charge in [-0.2, -0.15) is 0 Å². The summed E-state index contributed by atoms with van der Waals surface area (Å²) in [6, 6.07) is 6.43. The molecule has 1 aliphatic carbocycles. The molecule has 1 spiro atoms. The van der Waals surface area contributed by atoms with Crippen LogP contribution in [0.1, 0.15) is 50.2 Å². The fourth-order valence-electron chi connectivity index (χ4n) is 2.79. The molecule has 3 rings (SSSR count). The van der Waals surface area contributed by atoms with Gasteiger partial charge in [0.1, 0.15) is 0 Å². The molecule has 0 bridgehead atoms. The van der Waals surface area contributed by atoms with E-state index in [0.717, 1.165) is 18.3 Å². The Kier molecular flexibility index (Phi) is 2.17. The minimum Gasteiger partial charge on any atom is -0.423 e. The normalized spacial score (nSPS) is 21.4. The van der Waals surface area contributed by atoms with Crippen molar-refractivity contribution in [3.05, 3.63) is 29.3 Å². The minimum absolute atomic E-state index is 0.149. The maximum absolute atomic E-state index is 9.97. The van der Waals surface area contributed by atoms with E-state index in [1.807, 2.05) is 0 Å². The smallest absolute Gasteiger partial charge is 0.423 e. The van der Waals surface area contributed by atoms with E-state index in [9.17, 15) is 5.02 Å². The molecule has 0 unspecified atom stereocenters. The van der Waals surface area contributed by atoms with Crippen LogP contribution in [0.25, 0.3) is 0 Å². The molecule has 0 atom stereocenters. The van der Waals surface area contributed by atoms with Gasteiger partial charge < -0.3 is 9.68 Å². The highest BCUT2D eigenvalue weighted by Gasteiger charge is 2.50. The summed E-state index contributed by atoms with van der Waals surface area (Å²) in [6.07, 6.45) is 3.31. The largest absolute Gasteiger partial charge is 0.492 e. The van der Waals surface area contributed by atoms with Crippen molar-refractivity contribution >= 4 is 12.6 Å². The monoisotopic (exact) mass is 216 g/mol. The fraction of sp³-hybridized carbons (Fsp3) is 0.538. The van der Waals surface area contributed by atoms with Gasteiger partial charge in [0.2, 0.25) is 0 Å². The van der Waals surface area contributed by atoms with E-state index < -0.39 is 7.12 Å². The molecular formula is C13H17BO2. The average Bonchev–Trinajstić information content (AvgIpc) is 2.51. The molecule has 0 radical (unpaired) electrons. The van der Waals surface area contributed by atoms with Crippen molar-refractivity contribution in [1.82, 2.24) is 0 Å². The molecule has 1 fully saturated rings. The van der Waals surface area contributed by atoms with Crippen LogP contribution in [0.2, 0.25) is 0 Å². The Bertz CT molecular complexity index is 424. The number of benzene rings is 1. The SMILES string of the molecule is CC(C)c1ccc2c(c1)B(O)OC21CCC1. The second-order valence-corrected chi connectivity index (χ2v) is 5.32. The van der Waals surface area contributed by atoms with Gasteiger partial charge in [0.05, 0.1) is 5.60 Å². The first-order valence-electron chi connectivity index (χ1n) is 6.13. The number of hydrogen-bond acceptors (Lipinski definition) is 2. The van der Waals surface area contributed by atoms with Gasteiger partial charge in [-0.05, 0) is 41.8 Å². The van der Waals surface area contributed by atoms with Gasteiger partial charge in [0, 0.05) is 0 Å². The summed E-state index contributed by atoms with van der Waals surface area (Å²) in [4.78, 5) is 0. The molecule has 1 aromatic carbocycles. The fourth-order valence-corrected chi connectivity index (χ4v) is 2.79. The third-order valence-electron chi connectivity index (χ3n) is 4.00. The van der Waals surface area contributed by atoms with Crippen LogP contribution >= 0.6 is 0 Å². The zero-order valence-electron chi connectivity index (χ0n) is 9.86. The molecule has 1 aliphatic heterocycles. The quantitative estimate of drug-likeness (QED) is 0.726. The van der Waals surface area contributed by atoms with Crippen molar-refractivity contribution in [1.29, 1.82) is 0 Å². The highest BCUT2D eigenvalue weighted by atomic mass is 16.5. The molecule has 84 valence electrons. The van der Waals surface area contributed by atoms with E-state index in [2.05, 4.69) is 32.0 Å². The van der Waals surface area contributed by atoms with Crippen LogP contribution in [-0.2, 0) is 10.3 Å². The Morgan fingerprint density at radius 2 is 2.12 bits per heavy atom. The highest BCUT2D eigenvalue weighted by Crippen LogP contribution is 2.47. The maximum Gasteiger partial charge on any atom is 0.492 e. The van der Waals surface area contributed by atoms with Gasteiger partial charge in [-0.25, -0.2) is 0 Å². The Balaban J connectivity index is 2.07. The Morgan fingerprint density at radius 3 is 2.69 bits per heavy atom. The second kappa shape index (κ2) is 3.35. The van der Waals surface area contributed by atoms with Crippen molar-refractivity contribution in [2.24, 2.45) is 0 Å². The molecule has 3 heteroatoms. The van der Waals surface area contributed by atoms with Crippen molar-refractivity contribution in [2.45, 2.75) is 44.6 Å². The number of rotatable bonds is 1. The first kappa shape index (κ1) is 10.4. The first-order valence-corrected chi connectivity index (χ1v) is 6.13. The molecule has 1 saturated carbocycles. The highest BCUT2D eigenvalue weighted by molar-refractivity contribution is 6.62. The second-order valence-electron chi connectivity index (χ2n) is 5.32. The van der Waals surface area contributed by atoms with Gasteiger partial charge >= 0.3 is 7.12 Å². The molecular weight excluding hydrogens is 199 g/mol. The van der Waals surface area contributed by atoms with Crippen LogP contribution in [0, 0.1) is 0 Å². The van der Waals surface area contributed by atoms with E-state index in [0.29, 0.717) is 5.92 Å². The lowest BCUT2D eigenvalue weighted by Gasteiger charge is -2.39. The summed E-state index contributed by atoms with van der Waals surface area (Å²) >= 11 is 0. The molecule has 1 aromatic rings. The zero-order chi connectivity index (χ0) is 11.3. The van der Waals surface area contributed by atoms with Gasteiger partial charge in [-0.15, -0.1) is 0 Å². The van der Waals surface area contributed by atoms with Crippen LogP contribution in [0.3, 0.4) is 0 Å². The lowest BCUT2D eigenvalue weighted by molar-refractivity contribution is -0.0152. The van der Waals surface area contributed by atoms with Crippen LogP contribution in [0.5, 0.6) is 0 Å². The van der Waals surface area contributed by atoms with Gasteiger partial charge in [0.15, 0.2) is 0 Å². The Labute approximate surface area is 96.8 Å². The van der Waals surface area contributed by atoms with E-state index in [1.54, 1.807) is 0 Å². The lowest BCUT2D eigenvalue weighted by atomic mass is 9.71. The third kappa shape index (κ3) is 1.28. The molecule has 1 N–H and O–H groups in total. The lowest BCUT2D eigenvalue weighted by Crippen LogP contribution is -2.35. The number of fused-ring (bicyclic) bond motifs is 2. The van der Waals surface area contributed by atoms with E-state index in [-0.39, 0.29) is 5.60 Å². The van der Waals surface area contributed by atoms with Crippen molar-refractivity contribution in [3.63, 3.8) is 0 Å². The standard InChI is InChI=1S/C13H17BO2/c1-9(2)10-4-5-11-12(8-10)14(15)16-13(11)6-3-7-13/h4-5,8-9,15H,3,6-7H2,1-2H3. The molecule has 16 heavy (non-hydrogen) atoms. The topological polar surface area (TPSA) is 29.5 Å². The first-order chi connectivity index (χ1) is 7.62. The van der Waals surface area contributed by atoms with Gasteiger partial charge in [0.25, 0.3) is 0 Å². The molecule has 2 aliphatic rings. The number of hydrogen-bond donors (Lipinski definition) is 1. The van der Waals surface area contributed by atoms with Crippen LogP contribution < -0.4 is 5.46 Å². The van der Waals surface area contributed by atoms with E-state index in [1.165, 1.54) is 17.5 Å². The van der Waals surface area contributed by atoms with Gasteiger partial charge in [-0.3, -0.25) is 0 Å². The minimum atomic E-state index is -0.714. The summed E-state index contributed by atoms with van der Waals surface area (Å²) in [7, 11) is -0.714. The van der Waals surface area contributed by atoms with Crippen LogP contribution in [-0.4, -0.2) is 12.1 Å². The van der Waals surface area contributed by atoms with Crippen LogP contribution in [0.15, 0.2) is 18.2 Å². The van der Waals surface area contributed by atoms with Gasteiger partial charge in [-0.1, -0.05) is 32.0 Å². The summed E-state index contributed by atoms with van der Waals surface area (Å²) in [6.45, 7) is 4.34. The Morgan fingerprint density at radius 1 is 1.38 bits per heavy atom.